The number of carbonyl (C=O) groups is 3. The minimum atomic E-state index is -1.13. The van der Waals surface area contributed by atoms with Gasteiger partial charge in [0.2, 0.25) is 32.9 Å². The first kappa shape index (κ1) is 24.6. The third kappa shape index (κ3) is 9.31. The molecule has 1 atom stereocenters. The van der Waals surface area contributed by atoms with Gasteiger partial charge in [0.15, 0.2) is 0 Å². The molecule has 2 aromatic carbocycles. The highest BCUT2D eigenvalue weighted by atomic mass is 32.2. The molecule has 8 heteroatoms. The summed E-state index contributed by atoms with van der Waals surface area (Å²) in [5.41, 5.74) is 1.21. The molecule has 0 radical (unpaired) electrons. The van der Waals surface area contributed by atoms with Crippen LogP contribution in [0.15, 0.2) is 60.7 Å². The molecule has 0 saturated heterocycles. The predicted octanol–water partition coefficient (Wildman–Crippen LogP) is 0.0303. The molecule has 0 spiro atoms. The highest BCUT2D eigenvalue weighted by molar-refractivity contribution is 8.26. The van der Waals surface area contributed by atoms with Crippen molar-refractivity contribution in [2.45, 2.75) is 32.7 Å². The Kier molecular flexibility index (Phi) is 10.2. The highest BCUT2D eigenvalue weighted by Gasteiger charge is 2.20. The Hall–Kier alpha value is -2.71. The molecule has 0 heterocycles. The van der Waals surface area contributed by atoms with Crippen LogP contribution < -0.4 is 15.1 Å². The molecule has 0 aliphatic carbocycles. The summed E-state index contributed by atoms with van der Waals surface area (Å²) in [7, 11) is 0. The van der Waals surface area contributed by atoms with Crippen molar-refractivity contribution in [2.75, 3.05) is 6.54 Å². The van der Waals surface area contributed by atoms with E-state index in [1.807, 2.05) is 24.3 Å². The Morgan fingerprint density at radius 3 is 1.81 bits per heavy atom. The summed E-state index contributed by atoms with van der Waals surface area (Å²) in [5.74, 6) is -1.13. The molecule has 0 saturated carbocycles. The zero-order valence-corrected chi connectivity index (χ0v) is 19.1. The molecular formula is C23H25N2O4S2+. The second-order valence-electron chi connectivity index (χ2n) is 6.76. The molecule has 0 bridgehead atoms. The zero-order valence-electron chi connectivity index (χ0n) is 17.4. The maximum absolute atomic E-state index is 12.4. The molecule has 2 N–H and O–H groups in total. The number of rotatable bonds is 8. The van der Waals surface area contributed by atoms with Gasteiger partial charge in [-0.3, -0.25) is 9.59 Å². The second-order valence-corrected chi connectivity index (χ2v) is 9.13. The Bertz CT molecular complexity index is 960. The molecule has 2 aromatic rings. The monoisotopic (exact) mass is 457 g/mol. The standard InChI is InChI=1S/C23H24N2O4S2/c1-16(30-22(28)18-9-5-3-6-10-18)24-15-20(13-14-21(26)27)25-17(2)31-23(29)19-11-7-4-8-12-19/h3-12,20H,13-15H2,1-2H3,(H,26,27)/p+1. The van der Waals surface area contributed by atoms with Gasteiger partial charge in [0.05, 0.1) is 0 Å². The first-order chi connectivity index (χ1) is 14.8. The summed E-state index contributed by atoms with van der Waals surface area (Å²) in [5, 5.41) is 12.1. The Morgan fingerprint density at radius 1 is 0.839 bits per heavy atom. The smallest absolute Gasteiger partial charge is 0.229 e. The van der Waals surface area contributed by atoms with E-state index in [-0.39, 0.29) is 22.7 Å². The van der Waals surface area contributed by atoms with Gasteiger partial charge in [-0.15, -0.1) is 0 Å². The molecule has 0 aromatic heterocycles. The fourth-order valence-corrected chi connectivity index (χ4v) is 4.13. The van der Waals surface area contributed by atoms with E-state index >= 15 is 0 Å². The Balaban J connectivity index is 2.02. The van der Waals surface area contributed by atoms with E-state index in [9.17, 15) is 19.5 Å². The first-order valence-corrected chi connectivity index (χ1v) is 11.4. The number of aliphatic carboxylic acids is 1. The van der Waals surface area contributed by atoms with Crippen LogP contribution >= 0.6 is 23.5 Å². The van der Waals surface area contributed by atoms with E-state index in [2.05, 4.69) is 9.98 Å². The van der Waals surface area contributed by atoms with Crippen molar-refractivity contribution in [2.24, 2.45) is 0 Å². The quantitative estimate of drug-likeness (QED) is 0.428. The van der Waals surface area contributed by atoms with Crippen molar-refractivity contribution in [3.05, 3.63) is 71.8 Å². The molecule has 0 aliphatic heterocycles. The van der Waals surface area contributed by atoms with Gasteiger partial charge in [-0.05, 0) is 6.42 Å². The number of carboxylic acid groups (broad SMARTS) is 1. The number of thioether (sulfide) groups is 2. The second kappa shape index (κ2) is 12.9. The molecule has 2 rings (SSSR count). The number of benzene rings is 2. The molecule has 31 heavy (non-hydrogen) atoms. The van der Waals surface area contributed by atoms with E-state index < -0.39 is 5.97 Å². The average molecular weight is 458 g/mol. The molecule has 0 fully saturated rings. The summed E-state index contributed by atoms with van der Waals surface area (Å²) in [4.78, 5) is 42.0. The van der Waals surface area contributed by atoms with Crippen LogP contribution in [0.25, 0.3) is 0 Å². The van der Waals surface area contributed by atoms with Gasteiger partial charge in [-0.25, -0.2) is 9.98 Å². The lowest BCUT2D eigenvalue weighted by Gasteiger charge is -2.06. The molecule has 0 aliphatic rings. The minimum absolute atomic E-state index is 0.0726. The van der Waals surface area contributed by atoms with Crippen LogP contribution in [0.3, 0.4) is 0 Å². The molecule has 1 unspecified atom stereocenters. The first-order valence-electron chi connectivity index (χ1n) is 9.77. The highest BCUT2D eigenvalue weighted by Crippen LogP contribution is 2.12. The lowest BCUT2D eigenvalue weighted by Crippen LogP contribution is -2.88. The summed E-state index contributed by atoms with van der Waals surface area (Å²) in [6.07, 6.45) is 0.205. The van der Waals surface area contributed by atoms with Crippen LogP contribution in [0.5, 0.6) is 0 Å². The number of carboxylic acids is 1. The zero-order chi connectivity index (χ0) is 22.6. The van der Waals surface area contributed by atoms with Crippen LogP contribution in [0.4, 0.5) is 0 Å². The molecule has 0 amide bonds. The summed E-state index contributed by atoms with van der Waals surface area (Å²) in [6.45, 7) is 3.97. The Morgan fingerprint density at radius 2 is 1.32 bits per heavy atom. The average Bonchev–Trinajstić information content (AvgIpc) is 2.76. The van der Waals surface area contributed by atoms with E-state index in [0.29, 0.717) is 34.2 Å². The van der Waals surface area contributed by atoms with Gasteiger partial charge >= 0.3 is 0 Å². The number of nitrogens with one attached hydrogen (secondary N) is 2. The van der Waals surface area contributed by atoms with Crippen LogP contribution in [-0.4, -0.2) is 38.9 Å². The normalized spacial score (nSPS) is 13.0. The summed E-state index contributed by atoms with van der Waals surface area (Å²) < 4.78 is 0. The van der Waals surface area contributed by atoms with E-state index in [1.165, 1.54) is 0 Å². The predicted molar refractivity (Wildman–Crippen MR) is 123 cm³/mol. The Labute approximate surface area is 190 Å². The summed E-state index contributed by atoms with van der Waals surface area (Å²) >= 11 is 2.16. The fourth-order valence-electron chi connectivity index (χ4n) is 2.68. The largest absolute Gasteiger partial charge is 0.550 e. The van der Waals surface area contributed by atoms with Crippen molar-refractivity contribution in [3.63, 3.8) is 0 Å². The van der Waals surface area contributed by atoms with E-state index in [1.54, 1.807) is 50.2 Å². The van der Waals surface area contributed by atoms with E-state index in [4.69, 9.17) is 0 Å². The third-order valence-corrected chi connectivity index (χ3v) is 5.93. The third-order valence-electron chi connectivity index (χ3n) is 4.21. The van der Waals surface area contributed by atoms with Crippen molar-refractivity contribution in [3.8, 4) is 0 Å². The number of hydrogen-bond acceptors (Lipinski definition) is 6. The van der Waals surface area contributed by atoms with Crippen LogP contribution in [0.2, 0.25) is 0 Å². The van der Waals surface area contributed by atoms with Crippen molar-refractivity contribution < 1.29 is 29.5 Å². The number of hydrogen-bond donors (Lipinski definition) is 2. The molecule has 162 valence electrons. The van der Waals surface area contributed by atoms with Crippen molar-refractivity contribution in [1.29, 1.82) is 0 Å². The lowest BCUT2D eigenvalue weighted by molar-refractivity contribution is -0.571. The molecular weight excluding hydrogens is 432 g/mol. The van der Waals surface area contributed by atoms with Gasteiger partial charge in [0.25, 0.3) is 0 Å². The van der Waals surface area contributed by atoms with Crippen LogP contribution in [-0.2, 0) is 4.79 Å². The summed E-state index contributed by atoms with van der Waals surface area (Å²) in [6, 6.07) is 17.7. The fraction of sp³-hybridized carbons (Fsp3) is 0.261. The lowest BCUT2D eigenvalue weighted by atomic mass is 10.1. The minimum Gasteiger partial charge on any atom is -0.550 e. The van der Waals surface area contributed by atoms with Crippen molar-refractivity contribution in [1.82, 2.24) is 0 Å². The van der Waals surface area contributed by atoms with Gasteiger partial charge in [-0.1, -0.05) is 60.7 Å². The SMILES string of the molecule is CC(=[NH+]CC(CCC(=O)[O-])[NH+]=C(C)SC(=O)c1ccccc1)SC(=O)c1ccccc1. The topological polar surface area (TPSA) is 102 Å². The van der Waals surface area contributed by atoms with E-state index in [0.717, 1.165) is 23.5 Å². The maximum atomic E-state index is 12.4. The maximum Gasteiger partial charge on any atom is 0.229 e. The van der Waals surface area contributed by atoms with Crippen LogP contribution in [0, 0.1) is 0 Å². The van der Waals surface area contributed by atoms with Gasteiger partial charge in [-0.2, -0.15) is 0 Å². The van der Waals surface area contributed by atoms with Crippen LogP contribution in [0.1, 0.15) is 47.4 Å². The van der Waals surface area contributed by atoms with Crippen molar-refractivity contribution >= 4 is 49.8 Å². The number of carbonyl (C=O) groups excluding carboxylic acids is 3. The van der Waals surface area contributed by atoms with Gasteiger partial charge < -0.3 is 9.90 Å². The van der Waals surface area contributed by atoms with Gasteiger partial charge in [0, 0.05) is 60.9 Å². The van der Waals surface area contributed by atoms with Gasteiger partial charge in [0.1, 0.15) is 0 Å². The molecule has 6 nitrogen and oxygen atoms in total.